The SMILES string of the molecule is Cc1nc(CCn2c(C(C)Cl)nc3cc(Cl)cnc32)cs1. The number of aryl methyl sites for hydroxylation is 3. The number of imidazole rings is 1. The Bertz CT molecular complexity index is 778. The van der Waals surface area contributed by atoms with Gasteiger partial charge >= 0.3 is 0 Å². The lowest BCUT2D eigenvalue weighted by molar-refractivity contribution is 0.656. The topological polar surface area (TPSA) is 43.6 Å². The van der Waals surface area contributed by atoms with Gasteiger partial charge in [0.15, 0.2) is 5.65 Å². The number of pyridine rings is 1. The molecule has 110 valence electrons. The molecule has 0 amide bonds. The smallest absolute Gasteiger partial charge is 0.160 e. The van der Waals surface area contributed by atoms with E-state index in [2.05, 4.69) is 24.9 Å². The maximum atomic E-state index is 6.25. The summed E-state index contributed by atoms with van der Waals surface area (Å²) in [6.45, 7) is 4.67. The van der Waals surface area contributed by atoms with Gasteiger partial charge in [-0.05, 0) is 19.9 Å². The Morgan fingerprint density at radius 2 is 2.19 bits per heavy atom. The number of alkyl halides is 1. The molecule has 0 aliphatic rings. The fraction of sp³-hybridized carbons (Fsp3) is 0.357. The van der Waals surface area contributed by atoms with Crippen molar-refractivity contribution in [2.45, 2.75) is 32.2 Å². The van der Waals surface area contributed by atoms with Crippen LogP contribution in [0.3, 0.4) is 0 Å². The minimum Gasteiger partial charge on any atom is -0.311 e. The van der Waals surface area contributed by atoms with Gasteiger partial charge < -0.3 is 4.57 Å². The van der Waals surface area contributed by atoms with E-state index in [1.165, 1.54) is 0 Å². The summed E-state index contributed by atoms with van der Waals surface area (Å²) < 4.78 is 2.05. The third kappa shape index (κ3) is 3.05. The monoisotopic (exact) mass is 340 g/mol. The lowest BCUT2D eigenvalue weighted by Gasteiger charge is -2.08. The number of thiazole rings is 1. The zero-order valence-electron chi connectivity index (χ0n) is 11.7. The third-order valence-electron chi connectivity index (χ3n) is 3.20. The molecule has 1 atom stereocenters. The average molecular weight is 341 g/mol. The maximum absolute atomic E-state index is 6.25. The number of aromatic nitrogens is 4. The van der Waals surface area contributed by atoms with E-state index in [4.69, 9.17) is 23.2 Å². The van der Waals surface area contributed by atoms with Gasteiger partial charge in [-0.1, -0.05) is 11.6 Å². The fourth-order valence-corrected chi connectivity index (χ4v) is 3.24. The molecule has 0 aliphatic carbocycles. The molecule has 3 aromatic heterocycles. The molecule has 0 saturated carbocycles. The highest BCUT2D eigenvalue weighted by atomic mass is 35.5. The molecule has 1 unspecified atom stereocenters. The van der Waals surface area contributed by atoms with Crippen LogP contribution in [0.15, 0.2) is 17.6 Å². The van der Waals surface area contributed by atoms with Gasteiger partial charge in [-0.15, -0.1) is 22.9 Å². The first kappa shape index (κ1) is 14.8. The van der Waals surface area contributed by atoms with E-state index in [0.29, 0.717) is 5.02 Å². The van der Waals surface area contributed by atoms with Gasteiger partial charge in [0.1, 0.15) is 11.3 Å². The predicted molar refractivity (Wildman–Crippen MR) is 87.4 cm³/mol. The largest absolute Gasteiger partial charge is 0.311 e. The molecule has 0 N–H and O–H groups in total. The zero-order chi connectivity index (χ0) is 15.0. The van der Waals surface area contributed by atoms with Crippen molar-refractivity contribution in [2.24, 2.45) is 0 Å². The second-order valence-corrected chi connectivity index (χ2v) is 7.00. The zero-order valence-corrected chi connectivity index (χ0v) is 14.0. The van der Waals surface area contributed by atoms with Gasteiger partial charge in [-0.25, -0.2) is 15.0 Å². The molecule has 4 nitrogen and oxygen atoms in total. The summed E-state index contributed by atoms with van der Waals surface area (Å²) in [6.07, 6.45) is 2.47. The second kappa shape index (κ2) is 5.91. The summed E-state index contributed by atoms with van der Waals surface area (Å²) in [7, 11) is 0. The van der Waals surface area contributed by atoms with Gasteiger partial charge in [0.25, 0.3) is 0 Å². The van der Waals surface area contributed by atoms with Crippen molar-refractivity contribution in [3.05, 3.63) is 39.2 Å². The van der Waals surface area contributed by atoms with Crippen LogP contribution in [0.5, 0.6) is 0 Å². The van der Waals surface area contributed by atoms with Crippen molar-refractivity contribution >= 4 is 45.7 Å². The highest BCUT2D eigenvalue weighted by molar-refractivity contribution is 7.09. The van der Waals surface area contributed by atoms with Crippen LogP contribution >= 0.6 is 34.5 Å². The minimum atomic E-state index is -0.185. The molecule has 3 aromatic rings. The first-order valence-corrected chi connectivity index (χ1v) is 8.31. The van der Waals surface area contributed by atoms with E-state index in [9.17, 15) is 0 Å². The Morgan fingerprint density at radius 1 is 1.38 bits per heavy atom. The molecule has 0 bridgehead atoms. The summed E-state index contributed by atoms with van der Waals surface area (Å²) in [5.41, 5.74) is 2.68. The number of halogens is 2. The van der Waals surface area contributed by atoms with E-state index in [0.717, 1.165) is 40.7 Å². The van der Waals surface area contributed by atoms with Crippen LogP contribution < -0.4 is 0 Å². The van der Waals surface area contributed by atoms with Crippen LogP contribution in [0, 0.1) is 6.92 Å². The van der Waals surface area contributed by atoms with E-state index >= 15 is 0 Å². The Labute approximate surface area is 136 Å². The molecule has 3 heterocycles. The summed E-state index contributed by atoms with van der Waals surface area (Å²) >= 11 is 13.9. The summed E-state index contributed by atoms with van der Waals surface area (Å²) in [6, 6.07) is 1.82. The molecule has 7 heteroatoms. The van der Waals surface area contributed by atoms with Crippen molar-refractivity contribution in [3.63, 3.8) is 0 Å². The van der Waals surface area contributed by atoms with Gasteiger partial charge in [-0.3, -0.25) is 0 Å². The quantitative estimate of drug-likeness (QED) is 0.661. The average Bonchev–Trinajstić information content (AvgIpc) is 2.99. The molecule has 0 aromatic carbocycles. The van der Waals surface area contributed by atoms with Crippen LogP contribution in [0.4, 0.5) is 0 Å². The van der Waals surface area contributed by atoms with E-state index < -0.39 is 0 Å². The van der Waals surface area contributed by atoms with Crippen LogP contribution in [0.2, 0.25) is 5.02 Å². The summed E-state index contributed by atoms with van der Waals surface area (Å²) in [5, 5.41) is 3.56. The number of hydrogen-bond donors (Lipinski definition) is 0. The van der Waals surface area contributed by atoms with Crippen LogP contribution in [-0.2, 0) is 13.0 Å². The number of fused-ring (bicyclic) bond motifs is 1. The lowest BCUT2D eigenvalue weighted by atomic mass is 10.3. The maximum Gasteiger partial charge on any atom is 0.160 e. The fourth-order valence-electron chi connectivity index (χ4n) is 2.28. The van der Waals surface area contributed by atoms with Crippen LogP contribution in [0.1, 0.15) is 28.8 Å². The number of rotatable bonds is 4. The highest BCUT2D eigenvalue weighted by Gasteiger charge is 2.16. The van der Waals surface area contributed by atoms with E-state index in [1.807, 2.05) is 19.9 Å². The van der Waals surface area contributed by atoms with Gasteiger partial charge in [0, 0.05) is 24.5 Å². The normalized spacial score (nSPS) is 13.0. The van der Waals surface area contributed by atoms with Gasteiger partial charge in [-0.2, -0.15) is 0 Å². The molecule has 0 spiro atoms. The first-order chi connectivity index (χ1) is 10.0. The predicted octanol–water partition coefficient (Wildman–Crippen LogP) is 4.39. The Kier molecular flexibility index (Phi) is 4.15. The molecule has 0 saturated heterocycles. The molecule has 0 aliphatic heterocycles. The highest BCUT2D eigenvalue weighted by Crippen LogP contribution is 2.25. The molecular weight excluding hydrogens is 327 g/mol. The molecule has 0 radical (unpaired) electrons. The summed E-state index contributed by atoms with van der Waals surface area (Å²) in [4.78, 5) is 13.4. The standard InChI is InChI=1S/C14H14Cl2N4S/c1-8(15)13-19-12-5-10(16)6-17-14(12)20(13)4-3-11-7-21-9(2)18-11/h5-8H,3-4H2,1-2H3. The Morgan fingerprint density at radius 3 is 2.86 bits per heavy atom. The number of hydrogen-bond acceptors (Lipinski definition) is 4. The van der Waals surface area contributed by atoms with Crippen molar-refractivity contribution in [1.29, 1.82) is 0 Å². The van der Waals surface area contributed by atoms with Gasteiger partial charge in [0.2, 0.25) is 0 Å². The number of nitrogens with zero attached hydrogens (tertiary/aromatic N) is 4. The molecule has 21 heavy (non-hydrogen) atoms. The second-order valence-electron chi connectivity index (χ2n) is 4.84. The van der Waals surface area contributed by atoms with E-state index in [-0.39, 0.29) is 5.38 Å². The molecule has 3 rings (SSSR count). The molecule has 0 fully saturated rings. The minimum absolute atomic E-state index is 0.185. The van der Waals surface area contributed by atoms with Crippen molar-refractivity contribution in [2.75, 3.05) is 0 Å². The summed E-state index contributed by atoms with van der Waals surface area (Å²) in [5.74, 6) is 0.813. The first-order valence-electron chi connectivity index (χ1n) is 6.61. The van der Waals surface area contributed by atoms with Crippen LogP contribution in [-0.4, -0.2) is 19.5 Å². The van der Waals surface area contributed by atoms with Crippen molar-refractivity contribution in [3.8, 4) is 0 Å². The van der Waals surface area contributed by atoms with E-state index in [1.54, 1.807) is 17.5 Å². The van der Waals surface area contributed by atoms with Crippen molar-refractivity contribution in [1.82, 2.24) is 19.5 Å². The third-order valence-corrected chi connectivity index (χ3v) is 4.42. The van der Waals surface area contributed by atoms with Crippen LogP contribution in [0.25, 0.3) is 11.2 Å². The Balaban J connectivity index is 1.97. The Hall–Kier alpha value is -1.17. The van der Waals surface area contributed by atoms with Gasteiger partial charge in [0.05, 0.1) is 21.1 Å². The molecular formula is C14H14Cl2N4S. The van der Waals surface area contributed by atoms with Crippen molar-refractivity contribution < 1.29 is 0 Å². The lowest BCUT2D eigenvalue weighted by Crippen LogP contribution is -2.07.